The Hall–Kier alpha value is -3.01. The fraction of sp³-hybridized carbons (Fsp3) is 0.429. The topological polar surface area (TPSA) is 72.4 Å². The zero-order valence-corrected chi connectivity index (χ0v) is 24.1. The summed E-state index contributed by atoms with van der Waals surface area (Å²) in [6, 6.07) is 11.1. The fourth-order valence-corrected chi connectivity index (χ4v) is 4.78. The van der Waals surface area contributed by atoms with Gasteiger partial charge < -0.3 is 19.9 Å². The highest BCUT2D eigenvalue weighted by molar-refractivity contribution is 9.10. The molecule has 0 aliphatic carbocycles. The van der Waals surface area contributed by atoms with Crippen molar-refractivity contribution in [2.45, 2.75) is 78.4 Å². The normalized spacial score (nSPS) is 12.6. The van der Waals surface area contributed by atoms with Crippen molar-refractivity contribution in [3.8, 4) is 17.0 Å². The summed E-state index contributed by atoms with van der Waals surface area (Å²) in [6.45, 7) is 13.1. The van der Waals surface area contributed by atoms with Crippen LogP contribution in [0.2, 0.25) is 0 Å². The molecular weight excluding hydrogens is 563 g/mol. The minimum absolute atomic E-state index is 0.0103. The van der Waals surface area contributed by atoms with E-state index in [1.807, 2.05) is 71.2 Å². The van der Waals surface area contributed by atoms with Crippen LogP contribution in [0, 0.1) is 0 Å². The maximum atomic E-state index is 13.1. The lowest BCUT2D eigenvalue weighted by Gasteiger charge is -2.30. The third kappa shape index (κ3) is 7.09. The number of rotatable bonds is 7. The van der Waals surface area contributed by atoms with Crippen LogP contribution >= 0.6 is 15.9 Å². The smallest absolute Gasteiger partial charge is 0.406 e. The van der Waals surface area contributed by atoms with Gasteiger partial charge in [-0.05, 0) is 118 Å². The monoisotopic (exact) mass is 595 g/mol. The highest BCUT2D eigenvalue weighted by atomic mass is 79.9. The molecule has 206 valence electrons. The van der Waals surface area contributed by atoms with Crippen molar-refractivity contribution < 1.29 is 27.5 Å². The van der Waals surface area contributed by atoms with E-state index in [-0.39, 0.29) is 30.2 Å². The highest BCUT2D eigenvalue weighted by Crippen LogP contribution is 2.38. The number of nitrogens with one attached hydrogen (secondary N) is 2. The van der Waals surface area contributed by atoms with E-state index in [1.54, 1.807) is 0 Å². The average Bonchev–Trinajstić information content (AvgIpc) is 3.10. The first-order valence-electron chi connectivity index (χ1n) is 12.2. The Morgan fingerprint density at radius 2 is 1.61 bits per heavy atom. The molecule has 1 heterocycles. The zero-order valence-electron chi connectivity index (χ0n) is 22.5. The number of halogens is 4. The maximum Gasteiger partial charge on any atom is 0.573 e. The molecule has 6 nitrogen and oxygen atoms in total. The van der Waals surface area contributed by atoms with E-state index < -0.39 is 17.3 Å². The molecule has 1 aromatic heterocycles. The molecule has 0 bridgehead atoms. The molecule has 0 saturated carbocycles. The Morgan fingerprint density at radius 1 is 1.00 bits per heavy atom. The molecule has 0 spiro atoms. The van der Waals surface area contributed by atoms with Crippen LogP contribution in [0.15, 0.2) is 46.9 Å². The SMILES string of the molecule is CC(C)NC(=O)Cn1c(-c2ccc(OC(F)(F)F)cc2)cc2cc(C(C)(C)C(=O)NC(C)(C)C)cc(Br)c21. The van der Waals surface area contributed by atoms with Gasteiger partial charge in [0.25, 0.3) is 0 Å². The van der Waals surface area contributed by atoms with Crippen molar-refractivity contribution in [2.75, 3.05) is 0 Å². The number of amides is 2. The summed E-state index contributed by atoms with van der Waals surface area (Å²) in [7, 11) is 0. The van der Waals surface area contributed by atoms with E-state index in [0.29, 0.717) is 15.7 Å². The molecule has 0 fully saturated rings. The number of hydrogen-bond donors (Lipinski definition) is 2. The van der Waals surface area contributed by atoms with Crippen LogP contribution in [-0.2, 0) is 21.5 Å². The number of ether oxygens (including phenoxy) is 1. The molecule has 0 saturated heterocycles. The molecule has 0 radical (unpaired) electrons. The van der Waals surface area contributed by atoms with Gasteiger partial charge in [-0.2, -0.15) is 0 Å². The average molecular weight is 596 g/mol. The molecule has 2 amide bonds. The van der Waals surface area contributed by atoms with Gasteiger partial charge in [0.2, 0.25) is 11.8 Å². The largest absolute Gasteiger partial charge is 0.573 e. The van der Waals surface area contributed by atoms with Gasteiger partial charge in [0, 0.05) is 27.1 Å². The first-order chi connectivity index (χ1) is 17.4. The minimum Gasteiger partial charge on any atom is -0.406 e. The van der Waals surface area contributed by atoms with Gasteiger partial charge in [0.15, 0.2) is 0 Å². The van der Waals surface area contributed by atoms with Crippen LogP contribution in [0.4, 0.5) is 13.2 Å². The van der Waals surface area contributed by atoms with Crippen LogP contribution in [0.25, 0.3) is 22.2 Å². The molecular formula is C28H33BrF3N3O3. The Bertz CT molecular complexity index is 1340. The highest BCUT2D eigenvalue weighted by Gasteiger charge is 2.34. The van der Waals surface area contributed by atoms with Crippen molar-refractivity contribution in [2.24, 2.45) is 0 Å². The van der Waals surface area contributed by atoms with Gasteiger partial charge in [-0.3, -0.25) is 9.59 Å². The summed E-state index contributed by atoms with van der Waals surface area (Å²) in [4.78, 5) is 25.9. The Kier molecular flexibility index (Phi) is 8.27. The van der Waals surface area contributed by atoms with Gasteiger partial charge in [-0.25, -0.2) is 0 Å². The minimum atomic E-state index is -4.79. The number of carbonyl (C=O) groups is 2. The molecule has 0 atom stereocenters. The first kappa shape index (κ1) is 29.5. The maximum absolute atomic E-state index is 13.1. The lowest BCUT2D eigenvalue weighted by atomic mass is 9.82. The van der Waals surface area contributed by atoms with Crippen LogP contribution in [0.3, 0.4) is 0 Å². The van der Waals surface area contributed by atoms with Crippen molar-refractivity contribution >= 4 is 38.6 Å². The van der Waals surface area contributed by atoms with E-state index >= 15 is 0 Å². The number of alkyl halides is 3. The molecule has 0 aliphatic heterocycles. The molecule has 2 aromatic carbocycles. The summed E-state index contributed by atoms with van der Waals surface area (Å²) in [5.74, 6) is -0.680. The zero-order chi connectivity index (χ0) is 28.6. The Balaban J connectivity index is 2.14. The first-order valence-corrected chi connectivity index (χ1v) is 13.0. The lowest BCUT2D eigenvalue weighted by molar-refractivity contribution is -0.274. The summed E-state index contributed by atoms with van der Waals surface area (Å²) >= 11 is 3.64. The second-order valence-corrected chi connectivity index (χ2v) is 12.0. The lowest BCUT2D eigenvalue weighted by Crippen LogP contribution is -2.48. The van der Waals surface area contributed by atoms with Crippen LogP contribution in [-0.4, -0.2) is 34.3 Å². The summed E-state index contributed by atoms with van der Waals surface area (Å²) in [5.41, 5.74) is 1.46. The number of benzene rings is 2. The number of aromatic nitrogens is 1. The number of fused-ring (bicyclic) bond motifs is 1. The van der Waals surface area contributed by atoms with Crippen LogP contribution in [0.5, 0.6) is 5.75 Å². The second kappa shape index (κ2) is 10.6. The van der Waals surface area contributed by atoms with Crippen molar-refractivity contribution in [3.05, 3.63) is 52.5 Å². The number of hydrogen-bond acceptors (Lipinski definition) is 3. The Morgan fingerprint density at radius 3 is 2.13 bits per heavy atom. The van der Waals surface area contributed by atoms with E-state index in [0.717, 1.165) is 16.5 Å². The van der Waals surface area contributed by atoms with Crippen LogP contribution < -0.4 is 15.4 Å². The van der Waals surface area contributed by atoms with E-state index in [9.17, 15) is 22.8 Å². The van der Waals surface area contributed by atoms with Crippen molar-refractivity contribution in [1.29, 1.82) is 0 Å². The van der Waals surface area contributed by atoms with Gasteiger partial charge in [-0.15, -0.1) is 13.2 Å². The molecule has 0 aliphatic rings. The predicted molar refractivity (Wildman–Crippen MR) is 146 cm³/mol. The second-order valence-electron chi connectivity index (χ2n) is 11.1. The van der Waals surface area contributed by atoms with Gasteiger partial charge >= 0.3 is 6.36 Å². The van der Waals surface area contributed by atoms with E-state index in [1.165, 1.54) is 24.3 Å². The molecule has 0 unspecified atom stereocenters. The molecule has 3 aromatic rings. The quantitative estimate of drug-likeness (QED) is 0.320. The van der Waals surface area contributed by atoms with Crippen molar-refractivity contribution in [3.63, 3.8) is 0 Å². The predicted octanol–water partition coefficient (Wildman–Crippen LogP) is 6.69. The fourth-order valence-electron chi connectivity index (χ4n) is 4.09. The Labute approximate surface area is 229 Å². The van der Waals surface area contributed by atoms with Crippen molar-refractivity contribution in [1.82, 2.24) is 15.2 Å². The summed E-state index contributed by atoms with van der Waals surface area (Å²) in [6.07, 6.45) is -4.79. The number of nitrogens with zero attached hydrogens (tertiary/aromatic N) is 1. The van der Waals surface area contributed by atoms with Gasteiger partial charge in [0.05, 0.1) is 10.9 Å². The molecule has 3 rings (SSSR count). The molecule has 38 heavy (non-hydrogen) atoms. The van der Waals surface area contributed by atoms with E-state index in [4.69, 9.17) is 0 Å². The standard InChI is InChI=1S/C28H33BrF3N3O3/c1-16(2)33-23(36)15-35-22(17-8-10-20(11-9-17)38-28(30,31)32)13-18-12-19(14-21(29)24(18)35)27(6,7)25(37)34-26(3,4)5/h8-14,16H,15H2,1-7H3,(H,33,36)(H,34,37). The molecule has 10 heteroatoms. The summed E-state index contributed by atoms with van der Waals surface area (Å²) in [5, 5.41) is 6.68. The van der Waals surface area contributed by atoms with E-state index in [2.05, 4.69) is 31.3 Å². The van der Waals surface area contributed by atoms with Gasteiger partial charge in [-0.1, -0.05) is 0 Å². The third-order valence-corrected chi connectivity index (χ3v) is 6.46. The third-order valence-electron chi connectivity index (χ3n) is 5.86. The van der Waals surface area contributed by atoms with Gasteiger partial charge in [0.1, 0.15) is 12.3 Å². The number of carbonyl (C=O) groups excluding carboxylic acids is 2. The summed E-state index contributed by atoms with van der Waals surface area (Å²) < 4.78 is 44.4. The molecule has 2 N–H and O–H groups in total. The van der Waals surface area contributed by atoms with Crippen LogP contribution in [0.1, 0.15) is 54.0 Å².